The van der Waals surface area contributed by atoms with Crippen LogP contribution in [0.1, 0.15) is 31.4 Å². The molecular formula is C23H28N6O6S. The number of aliphatic hydroxyl groups excluding tert-OH is 2. The van der Waals surface area contributed by atoms with Gasteiger partial charge in [0.15, 0.2) is 21.5 Å². The summed E-state index contributed by atoms with van der Waals surface area (Å²) in [5.74, 6) is 0.868. The van der Waals surface area contributed by atoms with Crippen molar-refractivity contribution in [2.24, 2.45) is 0 Å². The summed E-state index contributed by atoms with van der Waals surface area (Å²) in [4.78, 5) is 21.3. The molecule has 2 amide bonds. The van der Waals surface area contributed by atoms with Crippen molar-refractivity contribution in [3.8, 4) is 11.4 Å². The second-order valence-electron chi connectivity index (χ2n) is 8.40. The Balaban J connectivity index is 1.61. The number of anilines is 3. The normalized spacial score (nSPS) is 14.6. The standard InChI is InChI=1S/C23H28N6O6S/c30-11-2-14-36(33,34)23(8-1-9-23)18-15-20(24-10-12-31)27-21(26-18)16-3-5-17(6-4-16)25-22(32)28-19-7-13-35-29-19/h3-7,13,15,30-31H,1-2,8-12,14H2,(H,24,26,27)(H2,25,28,29,32). The van der Waals surface area contributed by atoms with E-state index in [9.17, 15) is 23.4 Å². The first-order valence-electron chi connectivity index (χ1n) is 11.5. The van der Waals surface area contributed by atoms with Gasteiger partial charge in [-0.25, -0.2) is 23.2 Å². The number of amides is 2. The highest BCUT2D eigenvalue weighted by atomic mass is 32.2. The number of hydrogen-bond acceptors (Lipinski definition) is 10. The maximum atomic E-state index is 13.2. The van der Waals surface area contributed by atoms with Crippen LogP contribution in [-0.2, 0) is 14.6 Å². The van der Waals surface area contributed by atoms with Crippen LogP contribution in [0, 0.1) is 0 Å². The maximum absolute atomic E-state index is 13.2. The SMILES string of the molecule is O=C(Nc1ccc(-c2nc(NCCO)cc(C3(S(=O)(=O)CCCO)CCC3)n2)cc1)Nc1ccon1. The Morgan fingerprint density at radius 2 is 1.81 bits per heavy atom. The maximum Gasteiger partial charge on any atom is 0.324 e. The predicted octanol–water partition coefficient (Wildman–Crippen LogP) is 2.36. The van der Waals surface area contributed by atoms with Crippen LogP contribution < -0.4 is 16.0 Å². The fourth-order valence-corrected chi connectivity index (χ4v) is 6.25. The lowest BCUT2D eigenvalue weighted by molar-refractivity contribution is 0.262. The molecule has 192 valence electrons. The number of sulfone groups is 1. The number of aromatic nitrogens is 3. The molecule has 4 rings (SSSR count). The Hall–Kier alpha value is -3.55. The van der Waals surface area contributed by atoms with Gasteiger partial charge >= 0.3 is 6.03 Å². The minimum atomic E-state index is -3.57. The minimum absolute atomic E-state index is 0.120. The summed E-state index contributed by atoms with van der Waals surface area (Å²) in [6.07, 6.45) is 3.15. The summed E-state index contributed by atoms with van der Waals surface area (Å²) in [6, 6.07) is 9.42. The van der Waals surface area contributed by atoms with E-state index in [0.717, 1.165) is 6.42 Å². The Bertz CT molecular complexity index is 1280. The second-order valence-corrected chi connectivity index (χ2v) is 10.8. The first-order valence-corrected chi connectivity index (χ1v) is 13.2. The number of nitrogens with one attached hydrogen (secondary N) is 3. The monoisotopic (exact) mass is 516 g/mol. The van der Waals surface area contributed by atoms with E-state index in [1.54, 1.807) is 30.3 Å². The molecule has 0 bridgehead atoms. The first kappa shape index (κ1) is 25.5. The van der Waals surface area contributed by atoms with Crippen LogP contribution in [0.5, 0.6) is 0 Å². The Morgan fingerprint density at radius 3 is 2.42 bits per heavy atom. The smallest absolute Gasteiger partial charge is 0.324 e. The number of rotatable bonds is 11. The molecular weight excluding hydrogens is 488 g/mol. The lowest BCUT2D eigenvalue weighted by atomic mass is 9.81. The van der Waals surface area contributed by atoms with E-state index in [2.05, 4.69) is 35.6 Å². The molecule has 5 N–H and O–H groups in total. The van der Waals surface area contributed by atoms with E-state index in [1.165, 1.54) is 12.3 Å². The predicted molar refractivity (Wildman–Crippen MR) is 133 cm³/mol. The third-order valence-electron chi connectivity index (χ3n) is 6.02. The quantitative estimate of drug-likeness (QED) is 0.254. The molecule has 1 aromatic carbocycles. The van der Waals surface area contributed by atoms with E-state index >= 15 is 0 Å². The average Bonchev–Trinajstić information content (AvgIpc) is 3.34. The number of hydrogen-bond donors (Lipinski definition) is 5. The van der Waals surface area contributed by atoms with Crippen LogP contribution in [0.25, 0.3) is 11.4 Å². The minimum Gasteiger partial charge on any atom is -0.396 e. The van der Waals surface area contributed by atoms with Gasteiger partial charge in [0.05, 0.1) is 18.1 Å². The first-order chi connectivity index (χ1) is 17.4. The van der Waals surface area contributed by atoms with Crippen LogP contribution in [0.2, 0.25) is 0 Å². The van der Waals surface area contributed by atoms with Gasteiger partial charge < -0.3 is 25.4 Å². The van der Waals surface area contributed by atoms with Crippen molar-refractivity contribution < 1.29 is 27.9 Å². The van der Waals surface area contributed by atoms with E-state index < -0.39 is 20.6 Å². The summed E-state index contributed by atoms with van der Waals surface area (Å²) < 4.78 is 30.0. The zero-order valence-electron chi connectivity index (χ0n) is 19.5. The highest BCUT2D eigenvalue weighted by Gasteiger charge is 2.51. The van der Waals surface area contributed by atoms with Crippen LogP contribution in [0.4, 0.5) is 22.1 Å². The van der Waals surface area contributed by atoms with Gasteiger partial charge in [0.1, 0.15) is 16.8 Å². The van der Waals surface area contributed by atoms with E-state index in [0.29, 0.717) is 41.4 Å². The molecule has 3 aromatic rings. The van der Waals surface area contributed by atoms with Gasteiger partial charge in [-0.05, 0) is 49.9 Å². The van der Waals surface area contributed by atoms with Crippen LogP contribution in [0.3, 0.4) is 0 Å². The van der Waals surface area contributed by atoms with Gasteiger partial charge in [0.2, 0.25) is 0 Å². The number of aliphatic hydroxyl groups is 2. The Morgan fingerprint density at radius 1 is 1.03 bits per heavy atom. The molecule has 1 fully saturated rings. The lowest BCUT2D eigenvalue weighted by Gasteiger charge is -2.40. The van der Waals surface area contributed by atoms with E-state index in [1.807, 2.05) is 0 Å². The average molecular weight is 517 g/mol. The zero-order chi connectivity index (χ0) is 25.6. The molecule has 0 radical (unpaired) electrons. The molecule has 1 saturated carbocycles. The molecule has 2 heterocycles. The molecule has 13 heteroatoms. The molecule has 0 saturated heterocycles. The summed E-state index contributed by atoms with van der Waals surface area (Å²) in [5, 5.41) is 30.2. The molecule has 0 aliphatic heterocycles. The summed E-state index contributed by atoms with van der Waals surface area (Å²) in [6.45, 7) is -0.0837. The van der Waals surface area contributed by atoms with Gasteiger partial charge in [-0.2, -0.15) is 0 Å². The molecule has 12 nitrogen and oxygen atoms in total. The lowest BCUT2D eigenvalue weighted by Crippen LogP contribution is -2.44. The van der Waals surface area contributed by atoms with Crippen molar-refractivity contribution in [1.82, 2.24) is 15.1 Å². The molecule has 2 aromatic heterocycles. The molecule has 0 spiro atoms. The van der Waals surface area contributed by atoms with Gasteiger partial charge in [-0.3, -0.25) is 5.32 Å². The van der Waals surface area contributed by atoms with Crippen molar-refractivity contribution in [1.29, 1.82) is 0 Å². The van der Waals surface area contributed by atoms with Crippen LogP contribution >= 0.6 is 0 Å². The van der Waals surface area contributed by atoms with E-state index in [-0.39, 0.29) is 37.8 Å². The Labute approximate surface area is 208 Å². The fraction of sp³-hybridized carbons (Fsp3) is 0.391. The zero-order valence-corrected chi connectivity index (χ0v) is 20.3. The highest BCUT2D eigenvalue weighted by Crippen LogP contribution is 2.48. The molecule has 1 aliphatic carbocycles. The van der Waals surface area contributed by atoms with Crippen molar-refractivity contribution in [3.05, 3.63) is 48.4 Å². The third kappa shape index (κ3) is 5.48. The van der Waals surface area contributed by atoms with E-state index in [4.69, 9.17) is 0 Å². The third-order valence-corrected chi connectivity index (χ3v) is 8.65. The van der Waals surface area contributed by atoms with Crippen molar-refractivity contribution in [3.63, 3.8) is 0 Å². The summed E-state index contributed by atoms with van der Waals surface area (Å²) in [7, 11) is -3.57. The van der Waals surface area contributed by atoms with Crippen molar-refractivity contribution >= 4 is 33.2 Å². The van der Waals surface area contributed by atoms with Crippen molar-refractivity contribution in [2.45, 2.75) is 30.4 Å². The van der Waals surface area contributed by atoms with Gasteiger partial charge in [0.25, 0.3) is 0 Å². The highest BCUT2D eigenvalue weighted by molar-refractivity contribution is 7.92. The molecule has 1 aliphatic rings. The molecule has 36 heavy (non-hydrogen) atoms. The van der Waals surface area contributed by atoms with Gasteiger partial charge in [-0.1, -0.05) is 5.16 Å². The van der Waals surface area contributed by atoms with Crippen LogP contribution in [-0.4, -0.2) is 65.3 Å². The Kier molecular flexibility index (Phi) is 7.82. The summed E-state index contributed by atoms with van der Waals surface area (Å²) in [5.41, 5.74) is 1.52. The number of urea groups is 1. The molecule has 0 unspecified atom stereocenters. The second kappa shape index (κ2) is 11.0. The fourth-order valence-electron chi connectivity index (χ4n) is 4.02. The van der Waals surface area contributed by atoms with Gasteiger partial charge in [0, 0.05) is 36.5 Å². The van der Waals surface area contributed by atoms with Gasteiger partial charge in [-0.15, -0.1) is 0 Å². The number of nitrogens with zero attached hydrogens (tertiary/aromatic N) is 3. The van der Waals surface area contributed by atoms with Crippen LogP contribution in [0.15, 0.2) is 47.2 Å². The van der Waals surface area contributed by atoms with Crippen molar-refractivity contribution in [2.75, 3.05) is 41.5 Å². The largest absolute Gasteiger partial charge is 0.396 e. The molecule has 0 atom stereocenters. The number of carbonyl (C=O) groups excluding carboxylic acids is 1. The number of benzene rings is 1. The topological polar surface area (TPSA) is 180 Å². The number of carbonyl (C=O) groups is 1. The summed E-state index contributed by atoms with van der Waals surface area (Å²) >= 11 is 0.